The van der Waals surface area contributed by atoms with Crippen LogP contribution in [0.4, 0.5) is 0 Å². The lowest BCUT2D eigenvalue weighted by atomic mass is 9.83. The standard InChI is InChI=1S/C25H20O3/c1-16-9-5-6-12-18(16)22(26)15-21(17-10-3-2-4-11-17)23-24(27)19-13-7-8-14-20(19)25(23)28/h2-14,21,27H,15H2,1H3/t21-/m1/s1. The zero-order valence-corrected chi connectivity index (χ0v) is 15.6. The molecule has 4 rings (SSSR count). The van der Waals surface area contributed by atoms with Gasteiger partial charge in [-0.25, -0.2) is 0 Å². The Morgan fingerprint density at radius 3 is 2.14 bits per heavy atom. The number of hydrogen-bond acceptors (Lipinski definition) is 3. The van der Waals surface area contributed by atoms with E-state index < -0.39 is 5.92 Å². The Bertz CT molecular complexity index is 1090. The van der Waals surface area contributed by atoms with E-state index in [0.717, 1.165) is 11.1 Å². The second-order valence-corrected chi connectivity index (χ2v) is 7.04. The summed E-state index contributed by atoms with van der Waals surface area (Å²) in [5.74, 6) is -0.782. The highest BCUT2D eigenvalue weighted by molar-refractivity contribution is 6.20. The van der Waals surface area contributed by atoms with Gasteiger partial charge in [-0.2, -0.15) is 0 Å². The average molecular weight is 368 g/mol. The van der Waals surface area contributed by atoms with E-state index in [1.54, 1.807) is 30.3 Å². The predicted octanol–water partition coefficient (Wildman–Crippen LogP) is 5.52. The molecule has 0 aromatic heterocycles. The van der Waals surface area contributed by atoms with Gasteiger partial charge in [0.25, 0.3) is 0 Å². The van der Waals surface area contributed by atoms with Gasteiger partial charge in [-0.3, -0.25) is 9.59 Å². The van der Waals surface area contributed by atoms with Gasteiger partial charge in [-0.15, -0.1) is 0 Å². The molecule has 3 aromatic rings. The molecule has 0 bridgehead atoms. The summed E-state index contributed by atoms with van der Waals surface area (Å²) in [7, 11) is 0. The third kappa shape index (κ3) is 3.05. The molecule has 0 aliphatic heterocycles. The number of Topliss-reactive ketones (excluding diaryl/α,β-unsaturated/α-hetero) is 2. The van der Waals surface area contributed by atoms with Crippen LogP contribution in [0.25, 0.3) is 5.76 Å². The monoisotopic (exact) mass is 368 g/mol. The first-order valence-corrected chi connectivity index (χ1v) is 9.29. The normalized spacial score (nSPS) is 14.1. The molecule has 0 amide bonds. The molecule has 0 saturated carbocycles. The summed E-state index contributed by atoms with van der Waals surface area (Å²) in [6.45, 7) is 1.90. The molecular formula is C25H20O3. The van der Waals surface area contributed by atoms with Crippen LogP contribution < -0.4 is 0 Å². The van der Waals surface area contributed by atoms with Crippen LogP contribution >= 0.6 is 0 Å². The van der Waals surface area contributed by atoms with Crippen molar-refractivity contribution in [3.05, 3.63) is 112 Å². The highest BCUT2D eigenvalue weighted by Crippen LogP contribution is 2.41. The number of aliphatic hydroxyl groups is 1. The number of benzene rings is 3. The fraction of sp³-hybridized carbons (Fsp3) is 0.120. The maximum Gasteiger partial charge on any atom is 0.194 e. The lowest BCUT2D eigenvalue weighted by Crippen LogP contribution is -2.15. The van der Waals surface area contributed by atoms with Gasteiger partial charge in [0.05, 0.1) is 5.57 Å². The number of carbonyl (C=O) groups is 2. The first-order chi connectivity index (χ1) is 13.6. The van der Waals surface area contributed by atoms with Gasteiger partial charge in [0.15, 0.2) is 11.6 Å². The molecule has 0 radical (unpaired) electrons. The minimum absolute atomic E-state index is 0.0213. The maximum atomic E-state index is 13.1. The Balaban J connectivity index is 1.78. The maximum absolute atomic E-state index is 13.1. The van der Waals surface area contributed by atoms with Gasteiger partial charge in [0.1, 0.15) is 5.76 Å². The molecule has 1 N–H and O–H groups in total. The van der Waals surface area contributed by atoms with Crippen LogP contribution in [0.15, 0.2) is 84.4 Å². The molecular weight excluding hydrogens is 348 g/mol. The number of hydrogen-bond donors (Lipinski definition) is 1. The van der Waals surface area contributed by atoms with E-state index in [1.807, 2.05) is 55.5 Å². The summed E-state index contributed by atoms with van der Waals surface area (Å²) in [6.07, 6.45) is 0.119. The molecule has 3 nitrogen and oxygen atoms in total. The molecule has 138 valence electrons. The fourth-order valence-corrected chi connectivity index (χ4v) is 3.86. The molecule has 0 fully saturated rings. The Morgan fingerprint density at radius 1 is 0.857 bits per heavy atom. The third-order valence-corrected chi connectivity index (χ3v) is 5.31. The van der Waals surface area contributed by atoms with Crippen molar-refractivity contribution in [3.63, 3.8) is 0 Å². The van der Waals surface area contributed by atoms with Crippen molar-refractivity contribution >= 4 is 17.3 Å². The Labute approximate surface area is 164 Å². The molecule has 1 atom stereocenters. The van der Waals surface area contributed by atoms with Crippen LogP contribution in [0.2, 0.25) is 0 Å². The van der Waals surface area contributed by atoms with Gasteiger partial charge in [-0.1, -0.05) is 78.9 Å². The molecule has 1 aliphatic carbocycles. The minimum Gasteiger partial charge on any atom is -0.507 e. The van der Waals surface area contributed by atoms with Gasteiger partial charge < -0.3 is 5.11 Å². The summed E-state index contributed by atoms with van der Waals surface area (Å²) >= 11 is 0. The number of fused-ring (bicyclic) bond motifs is 1. The summed E-state index contributed by atoms with van der Waals surface area (Å²) in [5.41, 5.74) is 3.71. The lowest BCUT2D eigenvalue weighted by molar-refractivity contribution is 0.0972. The van der Waals surface area contributed by atoms with Crippen molar-refractivity contribution in [2.24, 2.45) is 0 Å². The number of aryl methyl sites for hydroxylation is 1. The second-order valence-electron chi connectivity index (χ2n) is 7.04. The quantitative estimate of drug-likeness (QED) is 0.604. The predicted molar refractivity (Wildman–Crippen MR) is 110 cm³/mol. The van der Waals surface area contributed by atoms with Crippen molar-refractivity contribution < 1.29 is 14.7 Å². The fourth-order valence-electron chi connectivity index (χ4n) is 3.86. The average Bonchev–Trinajstić information content (AvgIpc) is 2.98. The molecule has 1 aliphatic rings. The van der Waals surface area contributed by atoms with Crippen molar-refractivity contribution in [1.29, 1.82) is 0 Å². The van der Waals surface area contributed by atoms with Gasteiger partial charge in [0, 0.05) is 29.0 Å². The molecule has 28 heavy (non-hydrogen) atoms. The number of rotatable bonds is 5. The van der Waals surface area contributed by atoms with Crippen LogP contribution in [0.5, 0.6) is 0 Å². The second kappa shape index (κ2) is 7.28. The van der Waals surface area contributed by atoms with Gasteiger partial charge >= 0.3 is 0 Å². The number of carbonyl (C=O) groups excluding carboxylic acids is 2. The Kier molecular flexibility index (Phi) is 4.66. The number of allylic oxidation sites excluding steroid dienone is 1. The van der Waals surface area contributed by atoms with Crippen LogP contribution in [0.1, 0.15) is 49.7 Å². The first kappa shape index (κ1) is 17.9. The summed E-state index contributed by atoms with van der Waals surface area (Å²) in [5, 5.41) is 10.8. The smallest absolute Gasteiger partial charge is 0.194 e. The van der Waals surface area contributed by atoms with Crippen LogP contribution in [0.3, 0.4) is 0 Å². The number of aliphatic hydroxyl groups excluding tert-OH is 1. The largest absolute Gasteiger partial charge is 0.507 e. The summed E-state index contributed by atoms with van der Waals surface area (Å²) in [4.78, 5) is 26.2. The lowest BCUT2D eigenvalue weighted by Gasteiger charge is -2.18. The van der Waals surface area contributed by atoms with Crippen molar-refractivity contribution in [2.45, 2.75) is 19.3 Å². The SMILES string of the molecule is Cc1ccccc1C(=O)C[C@@H](C1=C(O)c2ccccc2C1=O)c1ccccc1. The van der Waals surface area contributed by atoms with Gasteiger partial charge in [0.2, 0.25) is 0 Å². The topological polar surface area (TPSA) is 54.4 Å². The van der Waals surface area contributed by atoms with E-state index >= 15 is 0 Å². The van der Waals surface area contributed by atoms with E-state index in [9.17, 15) is 14.7 Å². The molecule has 0 unspecified atom stereocenters. The molecule has 3 heteroatoms. The molecule has 3 aromatic carbocycles. The van der Waals surface area contributed by atoms with Crippen LogP contribution in [0, 0.1) is 6.92 Å². The van der Waals surface area contributed by atoms with Crippen LogP contribution in [-0.2, 0) is 0 Å². The zero-order valence-electron chi connectivity index (χ0n) is 15.6. The van der Waals surface area contributed by atoms with E-state index in [4.69, 9.17) is 0 Å². The Morgan fingerprint density at radius 2 is 1.46 bits per heavy atom. The van der Waals surface area contributed by atoms with Crippen LogP contribution in [-0.4, -0.2) is 16.7 Å². The van der Waals surface area contributed by atoms with Crippen molar-refractivity contribution in [3.8, 4) is 0 Å². The van der Waals surface area contributed by atoms with E-state index in [2.05, 4.69) is 0 Å². The van der Waals surface area contributed by atoms with E-state index in [-0.39, 0.29) is 23.7 Å². The number of ketones is 2. The summed E-state index contributed by atoms with van der Waals surface area (Å²) < 4.78 is 0. The summed E-state index contributed by atoms with van der Waals surface area (Å²) in [6, 6.07) is 23.9. The highest BCUT2D eigenvalue weighted by atomic mass is 16.3. The molecule has 0 heterocycles. The van der Waals surface area contributed by atoms with Crippen molar-refractivity contribution in [2.75, 3.05) is 0 Å². The van der Waals surface area contributed by atoms with E-state index in [1.165, 1.54) is 0 Å². The van der Waals surface area contributed by atoms with Crippen molar-refractivity contribution in [1.82, 2.24) is 0 Å². The van der Waals surface area contributed by atoms with Gasteiger partial charge in [-0.05, 0) is 18.1 Å². The minimum atomic E-state index is -0.506. The molecule has 0 saturated heterocycles. The Hall–Kier alpha value is -3.46. The molecule has 0 spiro atoms. The van der Waals surface area contributed by atoms with E-state index in [0.29, 0.717) is 22.3 Å². The third-order valence-electron chi connectivity index (χ3n) is 5.31. The highest BCUT2D eigenvalue weighted by Gasteiger charge is 2.36. The first-order valence-electron chi connectivity index (χ1n) is 9.29. The zero-order chi connectivity index (χ0) is 19.7.